The van der Waals surface area contributed by atoms with Gasteiger partial charge in [0.05, 0.1) is 7.11 Å². The standard InChI is InChI=1S/C15H20O2/c1-10(2)13-8-12(6-7-15(13)17-3)14(9-16)11-4-5-11/h6-11,14H,4-5H2,1-3H3. The molecule has 0 aromatic heterocycles. The van der Waals surface area contributed by atoms with Gasteiger partial charge in [0.1, 0.15) is 12.0 Å². The molecule has 1 aromatic carbocycles. The molecule has 92 valence electrons. The Morgan fingerprint density at radius 2 is 2.06 bits per heavy atom. The summed E-state index contributed by atoms with van der Waals surface area (Å²) >= 11 is 0. The van der Waals surface area contributed by atoms with Gasteiger partial charge in [0.15, 0.2) is 0 Å². The lowest BCUT2D eigenvalue weighted by atomic mass is 9.91. The van der Waals surface area contributed by atoms with Crippen molar-refractivity contribution in [2.45, 2.75) is 38.5 Å². The zero-order valence-electron chi connectivity index (χ0n) is 10.8. The first-order valence-electron chi connectivity index (χ1n) is 6.30. The normalized spacial score (nSPS) is 16.9. The summed E-state index contributed by atoms with van der Waals surface area (Å²) in [5.41, 5.74) is 2.34. The van der Waals surface area contributed by atoms with Crippen molar-refractivity contribution in [2.75, 3.05) is 7.11 Å². The molecule has 1 fully saturated rings. The Kier molecular flexibility index (Phi) is 3.51. The van der Waals surface area contributed by atoms with E-state index in [0.717, 1.165) is 17.6 Å². The maximum absolute atomic E-state index is 11.2. The number of rotatable bonds is 5. The van der Waals surface area contributed by atoms with E-state index in [1.165, 1.54) is 18.4 Å². The molecule has 1 saturated carbocycles. The van der Waals surface area contributed by atoms with Crippen LogP contribution in [0.1, 0.15) is 49.7 Å². The monoisotopic (exact) mass is 232 g/mol. The van der Waals surface area contributed by atoms with Crippen LogP contribution >= 0.6 is 0 Å². The highest BCUT2D eigenvalue weighted by Gasteiger charge is 2.32. The first-order valence-corrected chi connectivity index (χ1v) is 6.30. The molecule has 1 atom stereocenters. The minimum atomic E-state index is 0.0819. The number of aldehydes is 1. The topological polar surface area (TPSA) is 26.3 Å². The van der Waals surface area contributed by atoms with Gasteiger partial charge in [-0.15, -0.1) is 0 Å². The molecule has 1 aliphatic rings. The van der Waals surface area contributed by atoms with Gasteiger partial charge < -0.3 is 9.53 Å². The molecule has 17 heavy (non-hydrogen) atoms. The number of methoxy groups -OCH3 is 1. The van der Waals surface area contributed by atoms with Gasteiger partial charge >= 0.3 is 0 Å². The molecule has 0 amide bonds. The first-order chi connectivity index (χ1) is 8.17. The number of carbonyl (C=O) groups excluding carboxylic acids is 1. The minimum Gasteiger partial charge on any atom is -0.496 e. The van der Waals surface area contributed by atoms with E-state index in [1.807, 2.05) is 12.1 Å². The summed E-state index contributed by atoms with van der Waals surface area (Å²) < 4.78 is 5.36. The third-order valence-corrected chi connectivity index (χ3v) is 3.54. The van der Waals surface area contributed by atoms with Crippen LogP contribution in [0.3, 0.4) is 0 Å². The molecule has 0 aliphatic heterocycles. The second-order valence-corrected chi connectivity index (χ2v) is 5.16. The summed E-state index contributed by atoms with van der Waals surface area (Å²) in [4.78, 5) is 11.2. The Labute approximate surface area is 103 Å². The Bertz CT molecular complexity index is 405. The number of carbonyl (C=O) groups is 1. The molecule has 2 rings (SSSR count). The second-order valence-electron chi connectivity index (χ2n) is 5.16. The van der Waals surface area contributed by atoms with Crippen LogP contribution in [-0.2, 0) is 4.79 Å². The summed E-state index contributed by atoms with van der Waals surface area (Å²) in [5, 5.41) is 0. The number of ether oxygens (including phenoxy) is 1. The molecular weight excluding hydrogens is 212 g/mol. The summed E-state index contributed by atoms with van der Waals surface area (Å²) in [7, 11) is 1.69. The van der Waals surface area contributed by atoms with Crippen molar-refractivity contribution in [3.63, 3.8) is 0 Å². The van der Waals surface area contributed by atoms with Crippen LogP contribution < -0.4 is 4.74 Å². The Morgan fingerprint density at radius 1 is 1.35 bits per heavy atom. The van der Waals surface area contributed by atoms with Crippen molar-refractivity contribution in [1.29, 1.82) is 0 Å². The smallest absolute Gasteiger partial charge is 0.127 e. The average molecular weight is 232 g/mol. The molecule has 0 radical (unpaired) electrons. The van der Waals surface area contributed by atoms with Crippen LogP contribution in [-0.4, -0.2) is 13.4 Å². The molecule has 0 heterocycles. The Morgan fingerprint density at radius 3 is 2.53 bits per heavy atom. The summed E-state index contributed by atoms with van der Waals surface area (Å²) in [6, 6.07) is 6.16. The highest BCUT2D eigenvalue weighted by atomic mass is 16.5. The zero-order valence-corrected chi connectivity index (χ0v) is 10.8. The highest BCUT2D eigenvalue weighted by Crippen LogP contribution is 2.42. The van der Waals surface area contributed by atoms with Crippen LogP contribution in [0.15, 0.2) is 18.2 Å². The molecule has 1 aliphatic carbocycles. The molecule has 0 N–H and O–H groups in total. The fourth-order valence-electron chi connectivity index (χ4n) is 2.33. The third kappa shape index (κ3) is 2.51. The van der Waals surface area contributed by atoms with E-state index in [1.54, 1.807) is 7.11 Å². The molecule has 0 bridgehead atoms. The van der Waals surface area contributed by atoms with Gasteiger partial charge in [-0.25, -0.2) is 0 Å². The molecule has 2 nitrogen and oxygen atoms in total. The summed E-state index contributed by atoms with van der Waals surface area (Å²) in [6.07, 6.45) is 3.47. The van der Waals surface area contributed by atoms with E-state index in [4.69, 9.17) is 4.74 Å². The first kappa shape index (κ1) is 12.2. The molecule has 1 aromatic rings. The minimum absolute atomic E-state index is 0.0819. The lowest BCUT2D eigenvalue weighted by Gasteiger charge is -2.16. The van der Waals surface area contributed by atoms with Crippen molar-refractivity contribution in [1.82, 2.24) is 0 Å². The van der Waals surface area contributed by atoms with Crippen LogP contribution in [0.25, 0.3) is 0 Å². The van der Waals surface area contributed by atoms with Gasteiger partial charge in [-0.05, 0) is 41.9 Å². The van der Waals surface area contributed by atoms with Crippen LogP contribution in [0.2, 0.25) is 0 Å². The number of benzene rings is 1. The summed E-state index contributed by atoms with van der Waals surface area (Å²) in [6.45, 7) is 4.29. The lowest BCUT2D eigenvalue weighted by molar-refractivity contribution is -0.109. The van der Waals surface area contributed by atoms with Crippen molar-refractivity contribution in [3.05, 3.63) is 29.3 Å². The van der Waals surface area contributed by atoms with Gasteiger partial charge in [-0.2, -0.15) is 0 Å². The van der Waals surface area contributed by atoms with E-state index in [9.17, 15) is 4.79 Å². The van der Waals surface area contributed by atoms with E-state index >= 15 is 0 Å². The predicted molar refractivity (Wildman–Crippen MR) is 68.6 cm³/mol. The zero-order chi connectivity index (χ0) is 12.4. The Hall–Kier alpha value is -1.31. The van der Waals surface area contributed by atoms with Crippen molar-refractivity contribution >= 4 is 6.29 Å². The van der Waals surface area contributed by atoms with Gasteiger partial charge in [-0.1, -0.05) is 26.0 Å². The predicted octanol–water partition coefficient (Wildman–Crippen LogP) is 3.51. The lowest BCUT2D eigenvalue weighted by Crippen LogP contribution is -2.04. The molecule has 0 spiro atoms. The fraction of sp³-hybridized carbons (Fsp3) is 0.533. The average Bonchev–Trinajstić information content (AvgIpc) is 3.14. The van der Waals surface area contributed by atoms with Crippen LogP contribution in [0.5, 0.6) is 5.75 Å². The SMILES string of the molecule is COc1ccc(C(C=O)C2CC2)cc1C(C)C. The quantitative estimate of drug-likeness (QED) is 0.726. The van der Waals surface area contributed by atoms with Gasteiger partial charge in [0.25, 0.3) is 0 Å². The van der Waals surface area contributed by atoms with Crippen molar-refractivity contribution < 1.29 is 9.53 Å². The van der Waals surface area contributed by atoms with Crippen LogP contribution in [0.4, 0.5) is 0 Å². The second kappa shape index (κ2) is 4.91. The molecule has 2 heteroatoms. The van der Waals surface area contributed by atoms with E-state index in [-0.39, 0.29) is 5.92 Å². The van der Waals surface area contributed by atoms with Crippen LogP contribution in [0, 0.1) is 5.92 Å². The maximum atomic E-state index is 11.2. The Balaban J connectivity index is 2.35. The largest absolute Gasteiger partial charge is 0.496 e. The molecule has 0 saturated heterocycles. The van der Waals surface area contributed by atoms with Crippen molar-refractivity contribution in [2.24, 2.45) is 5.92 Å². The highest BCUT2D eigenvalue weighted by molar-refractivity contribution is 5.64. The van der Waals surface area contributed by atoms with Crippen molar-refractivity contribution in [3.8, 4) is 5.75 Å². The number of hydrogen-bond acceptors (Lipinski definition) is 2. The van der Waals surface area contributed by atoms with Gasteiger partial charge in [-0.3, -0.25) is 0 Å². The van der Waals surface area contributed by atoms with E-state index in [0.29, 0.717) is 11.8 Å². The van der Waals surface area contributed by atoms with E-state index in [2.05, 4.69) is 19.9 Å². The maximum Gasteiger partial charge on any atom is 0.127 e. The number of hydrogen-bond donors (Lipinski definition) is 0. The van der Waals surface area contributed by atoms with Gasteiger partial charge in [0, 0.05) is 5.92 Å². The summed E-state index contributed by atoms with van der Waals surface area (Å²) in [5.74, 6) is 1.99. The molecule has 1 unspecified atom stereocenters. The van der Waals surface area contributed by atoms with E-state index < -0.39 is 0 Å². The fourth-order valence-corrected chi connectivity index (χ4v) is 2.33. The third-order valence-electron chi connectivity index (χ3n) is 3.54. The molecular formula is C15H20O2. The van der Waals surface area contributed by atoms with Gasteiger partial charge in [0.2, 0.25) is 0 Å².